The molecule has 0 aliphatic carbocycles. The standard InChI is InChI=1S/C18H18N2O2/c1-22-17-5-3-2-4-15(17)18(21)20-10-8-13-6-7-14-9-11-19-16(14)12-13/h2-7,9,11-12,19H,8,10H2,1H3,(H,20,21). The van der Waals surface area contributed by atoms with Crippen LogP contribution in [-0.2, 0) is 6.42 Å². The molecule has 0 fully saturated rings. The Balaban J connectivity index is 1.61. The molecule has 0 saturated heterocycles. The Morgan fingerprint density at radius 2 is 2.05 bits per heavy atom. The van der Waals surface area contributed by atoms with Crippen LogP contribution in [0.15, 0.2) is 54.7 Å². The number of fused-ring (bicyclic) bond motifs is 1. The highest BCUT2D eigenvalue weighted by Crippen LogP contribution is 2.17. The topological polar surface area (TPSA) is 54.1 Å². The zero-order valence-electron chi connectivity index (χ0n) is 12.4. The Hall–Kier alpha value is -2.75. The number of amides is 1. The molecule has 1 amide bonds. The molecule has 0 aliphatic heterocycles. The smallest absolute Gasteiger partial charge is 0.255 e. The lowest BCUT2D eigenvalue weighted by molar-refractivity contribution is 0.0951. The number of para-hydroxylation sites is 1. The van der Waals surface area contributed by atoms with Crippen LogP contribution in [0, 0.1) is 0 Å². The van der Waals surface area contributed by atoms with E-state index >= 15 is 0 Å². The molecule has 3 rings (SSSR count). The van der Waals surface area contributed by atoms with E-state index in [-0.39, 0.29) is 5.91 Å². The van der Waals surface area contributed by atoms with Gasteiger partial charge < -0.3 is 15.0 Å². The van der Waals surface area contributed by atoms with Crippen molar-refractivity contribution in [2.75, 3.05) is 13.7 Å². The quantitative estimate of drug-likeness (QED) is 0.759. The predicted molar refractivity (Wildman–Crippen MR) is 87.3 cm³/mol. The molecule has 0 atom stereocenters. The van der Waals surface area contributed by atoms with Gasteiger partial charge in [-0.3, -0.25) is 4.79 Å². The van der Waals surface area contributed by atoms with Crippen molar-refractivity contribution in [2.24, 2.45) is 0 Å². The third kappa shape index (κ3) is 2.96. The highest BCUT2D eigenvalue weighted by Gasteiger charge is 2.10. The van der Waals surface area contributed by atoms with Crippen LogP contribution in [0.3, 0.4) is 0 Å². The number of rotatable bonds is 5. The van der Waals surface area contributed by atoms with Gasteiger partial charge in [0.2, 0.25) is 0 Å². The lowest BCUT2D eigenvalue weighted by atomic mass is 10.1. The largest absolute Gasteiger partial charge is 0.496 e. The van der Waals surface area contributed by atoms with Crippen molar-refractivity contribution in [2.45, 2.75) is 6.42 Å². The third-order valence-corrected chi connectivity index (χ3v) is 3.67. The molecular formula is C18H18N2O2. The summed E-state index contributed by atoms with van der Waals surface area (Å²) in [7, 11) is 1.57. The summed E-state index contributed by atoms with van der Waals surface area (Å²) < 4.78 is 5.21. The molecule has 4 heteroatoms. The number of ether oxygens (including phenoxy) is 1. The second-order valence-corrected chi connectivity index (χ2v) is 5.11. The van der Waals surface area contributed by atoms with Crippen molar-refractivity contribution in [1.29, 1.82) is 0 Å². The summed E-state index contributed by atoms with van der Waals surface area (Å²) in [5.74, 6) is 0.478. The lowest BCUT2D eigenvalue weighted by Crippen LogP contribution is -2.26. The minimum atomic E-state index is -0.113. The van der Waals surface area contributed by atoms with Crippen LogP contribution in [0.2, 0.25) is 0 Å². The lowest BCUT2D eigenvalue weighted by Gasteiger charge is -2.09. The fraction of sp³-hybridized carbons (Fsp3) is 0.167. The van der Waals surface area contributed by atoms with Crippen molar-refractivity contribution in [1.82, 2.24) is 10.3 Å². The van der Waals surface area contributed by atoms with Gasteiger partial charge in [-0.15, -0.1) is 0 Å². The molecule has 0 saturated carbocycles. The number of H-pyrrole nitrogens is 1. The van der Waals surface area contributed by atoms with Gasteiger partial charge in [-0.1, -0.05) is 24.3 Å². The maximum absolute atomic E-state index is 12.2. The van der Waals surface area contributed by atoms with Crippen molar-refractivity contribution in [3.8, 4) is 5.75 Å². The first-order chi connectivity index (χ1) is 10.8. The maximum Gasteiger partial charge on any atom is 0.255 e. The van der Waals surface area contributed by atoms with Gasteiger partial charge in [0.1, 0.15) is 5.75 Å². The molecule has 0 bridgehead atoms. The summed E-state index contributed by atoms with van der Waals surface area (Å²) in [6.45, 7) is 0.586. The Morgan fingerprint density at radius 3 is 2.91 bits per heavy atom. The Labute approximate surface area is 129 Å². The predicted octanol–water partition coefficient (Wildman–Crippen LogP) is 3.15. The number of aromatic amines is 1. The minimum Gasteiger partial charge on any atom is -0.496 e. The van der Waals surface area contributed by atoms with E-state index in [0.29, 0.717) is 17.9 Å². The number of hydrogen-bond donors (Lipinski definition) is 2. The summed E-state index contributed by atoms with van der Waals surface area (Å²) in [5.41, 5.74) is 2.87. The van der Waals surface area contributed by atoms with Crippen LogP contribution >= 0.6 is 0 Å². The third-order valence-electron chi connectivity index (χ3n) is 3.67. The molecule has 0 unspecified atom stereocenters. The second kappa shape index (κ2) is 6.35. The first-order valence-electron chi connectivity index (χ1n) is 7.25. The molecule has 0 aliphatic rings. The summed E-state index contributed by atoms with van der Waals surface area (Å²) in [5, 5.41) is 4.13. The van der Waals surface area contributed by atoms with E-state index in [9.17, 15) is 4.79 Å². The molecule has 0 spiro atoms. The fourth-order valence-corrected chi connectivity index (χ4v) is 2.50. The van der Waals surface area contributed by atoms with E-state index in [1.165, 1.54) is 10.9 Å². The number of aromatic nitrogens is 1. The SMILES string of the molecule is COc1ccccc1C(=O)NCCc1ccc2cc[nH]c2c1. The average Bonchev–Trinajstić information content (AvgIpc) is 3.02. The van der Waals surface area contributed by atoms with Gasteiger partial charge >= 0.3 is 0 Å². The minimum absolute atomic E-state index is 0.113. The molecule has 22 heavy (non-hydrogen) atoms. The van der Waals surface area contributed by atoms with Gasteiger partial charge in [0.25, 0.3) is 5.91 Å². The Morgan fingerprint density at radius 1 is 1.18 bits per heavy atom. The number of methoxy groups -OCH3 is 1. The van der Waals surface area contributed by atoms with Crippen LogP contribution in [-0.4, -0.2) is 24.5 Å². The molecule has 112 valence electrons. The molecule has 2 N–H and O–H groups in total. The number of carbonyl (C=O) groups excluding carboxylic acids is 1. The molecule has 1 aromatic heterocycles. The van der Waals surface area contributed by atoms with E-state index in [1.54, 1.807) is 19.2 Å². The monoisotopic (exact) mass is 294 g/mol. The number of benzene rings is 2. The maximum atomic E-state index is 12.2. The van der Waals surface area contributed by atoms with Crippen LogP contribution in [0.1, 0.15) is 15.9 Å². The molecule has 2 aromatic carbocycles. The summed E-state index contributed by atoms with van der Waals surface area (Å²) in [6.07, 6.45) is 2.72. The van der Waals surface area contributed by atoms with E-state index in [4.69, 9.17) is 4.74 Å². The van der Waals surface area contributed by atoms with Crippen LogP contribution in [0.4, 0.5) is 0 Å². The molecule has 0 radical (unpaired) electrons. The van der Waals surface area contributed by atoms with Gasteiger partial charge in [-0.2, -0.15) is 0 Å². The average molecular weight is 294 g/mol. The van der Waals surface area contributed by atoms with E-state index < -0.39 is 0 Å². The number of nitrogens with one attached hydrogen (secondary N) is 2. The fourth-order valence-electron chi connectivity index (χ4n) is 2.50. The Kier molecular flexibility index (Phi) is 4.10. The van der Waals surface area contributed by atoms with Gasteiger partial charge in [0, 0.05) is 18.3 Å². The molecule has 4 nitrogen and oxygen atoms in total. The molecular weight excluding hydrogens is 276 g/mol. The number of carbonyl (C=O) groups is 1. The zero-order chi connectivity index (χ0) is 15.4. The van der Waals surface area contributed by atoms with E-state index in [0.717, 1.165) is 11.9 Å². The van der Waals surface area contributed by atoms with Crippen LogP contribution < -0.4 is 10.1 Å². The summed E-state index contributed by atoms with van der Waals surface area (Å²) in [6, 6.07) is 15.6. The first kappa shape index (κ1) is 14.2. The van der Waals surface area contributed by atoms with Crippen molar-refractivity contribution in [3.05, 3.63) is 65.9 Å². The molecule has 3 aromatic rings. The zero-order valence-corrected chi connectivity index (χ0v) is 12.4. The molecule has 1 heterocycles. The van der Waals surface area contributed by atoms with Gasteiger partial charge in [0.15, 0.2) is 0 Å². The highest BCUT2D eigenvalue weighted by molar-refractivity contribution is 5.96. The normalized spacial score (nSPS) is 10.6. The van der Waals surface area contributed by atoms with E-state index in [2.05, 4.69) is 28.5 Å². The van der Waals surface area contributed by atoms with Gasteiger partial charge in [-0.25, -0.2) is 0 Å². The second-order valence-electron chi connectivity index (χ2n) is 5.11. The first-order valence-corrected chi connectivity index (χ1v) is 7.25. The summed E-state index contributed by atoms with van der Waals surface area (Å²) in [4.78, 5) is 15.4. The van der Waals surface area contributed by atoms with Crippen molar-refractivity contribution < 1.29 is 9.53 Å². The Bertz CT molecular complexity index is 792. The van der Waals surface area contributed by atoms with Crippen LogP contribution in [0.5, 0.6) is 5.75 Å². The van der Waals surface area contributed by atoms with Gasteiger partial charge in [-0.05, 0) is 41.6 Å². The number of hydrogen-bond acceptors (Lipinski definition) is 2. The van der Waals surface area contributed by atoms with E-state index in [1.807, 2.05) is 24.4 Å². The highest BCUT2D eigenvalue weighted by atomic mass is 16.5. The van der Waals surface area contributed by atoms with Crippen molar-refractivity contribution in [3.63, 3.8) is 0 Å². The summed E-state index contributed by atoms with van der Waals surface area (Å²) >= 11 is 0. The van der Waals surface area contributed by atoms with Crippen LogP contribution in [0.25, 0.3) is 10.9 Å². The van der Waals surface area contributed by atoms with Crippen molar-refractivity contribution >= 4 is 16.8 Å². The van der Waals surface area contributed by atoms with Gasteiger partial charge in [0.05, 0.1) is 12.7 Å².